The average molecular weight is 1100 g/mol. The van der Waals surface area contributed by atoms with Crippen molar-refractivity contribution in [1.82, 2.24) is 34.9 Å². The minimum absolute atomic E-state index is 0.189. The van der Waals surface area contributed by atoms with E-state index in [9.17, 15) is 14.2 Å². The second-order valence-electron chi connectivity index (χ2n) is 21.7. The van der Waals surface area contributed by atoms with Crippen LogP contribution in [0, 0.1) is 17.2 Å². The number of carbonyl (C=O) groups is 2. The fourth-order valence-corrected chi connectivity index (χ4v) is 13.6. The molecule has 2 aromatic heterocycles. The van der Waals surface area contributed by atoms with Gasteiger partial charge < -0.3 is 34.6 Å². The van der Waals surface area contributed by atoms with Crippen molar-refractivity contribution in [3.63, 3.8) is 0 Å². The number of anilines is 6. The molecule has 6 aromatic rings. The minimum Gasteiger partial charge on any atom is -0.494 e. The molecule has 0 radical (unpaired) electrons. The number of methoxy groups -OCH3 is 1. The van der Waals surface area contributed by atoms with Crippen LogP contribution in [-0.2, 0) is 34.3 Å². The summed E-state index contributed by atoms with van der Waals surface area (Å²) in [6, 6.07) is 23.6. The van der Waals surface area contributed by atoms with Gasteiger partial charge in [-0.05, 0) is 151 Å². The summed E-state index contributed by atoms with van der Waals surface area (Å²) in [5, 5.41) is 14.7. The third-order valence-corrected chi connectivity index (χ3v) is 18.6. The number of hydrogen-bond acceptors (Lipinski definition) is 13. The number of aryl methyl sites for hydroxylation is 1. The summed E-state index contributed by atoms with van der Waals surface area (Å²) >= 11 is 3.65. The number of piperidine rings is 4. The molecule has 1 unspecified atom stereocenters. The number of ether oxygens (including phenoxy) is 1. The van der Waals surface area contributed by atoms with Crippen molar-refractivity contribution in [2.24, 2.45) is 18.4 Å². The molecule has 4 fully saturated rings. The summed E-state index contributed by atoms with van der Waals surface area (Å²) in [4.78, 5) is 43.3. The van der Waals surface area contributed by atoms with Gasteiger partial charge in [0.05, 0.1) is 40.9 Å². The fraction of sp³-hybridized carbons (Fsp3) is 0.421. The lowest BCUT2D eigenvalue weighted by Crippen LogP contribution is -2.50. The predicted molar refractivity (Wildman–Crippen MR) is 299 cm³/mol. The highest BCUT2D eigenvalue weighted by atomic mass is 79.9. The van der Waals surface area contributed by atoms with Crippen LogP contribution in [0.3, 0.4) is 0 Å². The molecule has 7 heterocycles. The molecule has 1 spiro atoms. The first-order chi connectivity index (χ1) is 36.2. The summed E-state index contributed by atoms with van der Waals surface area (Å²) < 4.78 is 37.9. The number of rotatable bonds is 13. The van der Waals surface area contributed by atoms with Gasteiger partial charge in [-0.2, -0.15) is 10.1 Å². The number of fused-ring (bicyclic) bond motifs is 1. The number of carbonyl (C=O) groups excluding carboxylic acids is 2. The summed E-state index contributed by atoms with van der Waals surface area (Å²) in [5.41, 5.74) is 9.62. The van der Waals surface area contributed by atoms with Crippen LogP contribution in [0.4, 0.5) is 38.9 Å². The summed E-state index contributed by atoms with van der Waals surface area (Å²) in [5.74, 6) is 1.50. The largest absolute Gasteiger partial charge is 0.494 e. The van der Waals surface area contributed by atoms with Crippen LogP contribution in [0.5, 0.6) is 5.75 Å². The maximum atomic E-state index is 15.6. The van der Waals surface area contributed by atoms with E-state index in [0.717, 1.165) is 122 Å². The summed E-state index contributed by atoms with van der Waals surface area (Å²) in [6.45, 7) is 11.5. The lowest BCUT2D eigenvalue weighted by atomic mass is 9.71. The van der Waals surface area contributed by atoms with E-state index in [1.165, 1.54) is 12.8 Å². The average Bonchev–Trinajstić information content (AvgIpc) is 4.04. The van der Waals surface area contributed by atoms with Gasteiger partial charge in [0.2, 0.25) is 17.8 Å². The van der Waals surface area contributed by atoms with E-state index in [1.54, 1.807) is 32.7 Å². The Balaban J connectivity index is 0.716. The number of nitrogens with one attached hydrogen (secondary N) is 3. The normalized spacial score (nSPS) is 19.6. The second-order valence-corrected chi connectivity index (χ2v) is 25.8. The van der Waals surface area contributed by atoms with Gasteiger partial charge in [-0.1, -0.05) is 36.4 Å². The first-order valence-corrected chi connectivity index (χ1v) is 29.7. The number of benzene rings is 4. The third kappa shape index (κ3) is 11.0. The van der Waals surface area contributed by atoms with Crippen molar-refractivity contribution in [1.29, 1.82) is 0 Å². The quantitative estimate of drug-likeness (QED) is 0.0744. The molecule has 1 atom stereocenters. The van der Waals surface area contributed by atoms with E-state index in [1.807, 2.05) is 66.6 Å². The number of hydrogen-bond donors (Lipinski definition) is 3. The van der Waals surface area contributed by atoms with Crippen molar-refractivity contribution in [2.75, 3.05) is 86.7 Å². The highest BCUT2D eigenvalue weighted by molar-refractivity contribution is 9.10. The third-order valence-electron chi connectivity index (χ3n) is 16.5. The molecule has 0 bridgehead atoms. The van der Waals surface area contributed by atoms with Crippen LogP contribution < -0.4 is 35.8 Å². The van der Waals surface area contributed by atoms with Crippen LogP contribution >= 0.6 is 23.1 Å². The Kier molecular flexibility index (Phi) is 14.4. The summed E-state index contributed by atoms with van der Waals surface area (Å²) in [6.07, 6.45) is 13.2. The Morgan fingerprint density at radius 3 is 2.23 bits per heavy atom. The van der Waals surface area contributed by atoms with Gasteiger partial charge >= 0.3 is 0 Å². The molecule has 4 aromatic carbocycles. The lowest BCUT2D eigenvalue weighted by molar-refractivity contribution is -0.137. The molecule has 18 heteroatoms. The molecule has 2 amide bonds. The molecule has 0 saturated carbocycles. The Hall–Kier alpha value is -6.13. The monoisotopic (exact) mass is 1100 g/mol. The van der Waals surface area contributed by atoms with Crippen LogP contribution in [0.15, 0.2) is 95.9 Å². The SMILES string of the molecule is COc1cc(N2CCC3(CCN(CC4CCN(c5cc6c(cc5F)CN(C5CCC(=O)NC5=O)C6)CC4)CC3)CC2)c(-c2cnn(C)c2)cc1Nc1ncc(Br)c(Nc2ccc(-c3ccccc3)cc2P(C)(C)=O)n1. The van der Waals surface area contributed by atoms with Crippen molar-refractivity contribution in [3.8, 4) is 28.0 Å². The van der Waals surface area contributed by atoms with Crippen molar-refractivity contribution >= 4 is 74.7 Å². The van der Waals surface area contributed by atoms with Crippen molar-refractivity contribution < 1.29 is 23.3 Å². The zero-order valence-corrected chi connectivity index (χ0v) is 45.7. The second kappa shape index (κ2) is 21.1. The van der Waals surface area contributed by atoms with Gasteiger partial charge in [-0.15, -0.1) is 0 Å². The minimum atomic E-state index is -2.71. The predicted octanol–water partition coefficient (Wildman–Crippen LogP) is 9.91. The van der Waals surface area contributed by atoms with Crippen LogP contribution in [0.1, 0.15) is 62.5 Å². The van der Waals surface area contributed by atoms with Crippen molar-refractivity contribution in [3.05, 3.63) is 113 Å². The maximum Gasteiger partial charge on any atom is 0.243 e. The number of imide groups is 1. The molecule has 15 nitrogen and oxygen atoms in total. The van der Waals surface area contributed by atoms with Crippen LogP contribution in [0.25, 0.3) is 22.3 Å². The lowest BCUT2D eigenvalue weighted by Gasteiger charge is -2.48. The molecule has 3 N–H and O–H groups in total. The number of amides is 2. The fourth-order valence-electron chi connectivity index (χ4n) is 12.1. The van der Waals surface area contributed by atoms with Crippen LogP contribution in [0.2, 0.25) is 0 Å². The Morgan fingerprint density at radius 1 is 0.813 bits per heavy atom. The van der Waals surface area contributed by atoms with Gasteiger partial charge in [-0.3, -0.25) is 24.5 Å². The van der Waals surface area contributed by atoms with Gasteiger partial charge in [0.1, 0.15) is 24.5 Å². The highest BCUT2D eigenvalue weighted by Crippen LogP contribution is 2.47. The standard InChI is InChI=1S/C57H66BrFN11O4P/c1-66-34-42(31-61-66)43-29-47(63-56-60-32-44(58)54(65-56)62-46-11-10-39(28-52(46)75(3,4)73)38-8-6-5-7-9-38)51(74-2)30-49(43)69-24-18-57(19-25-69)16-22-67(23-17-57)33-37-14-20-68(21-15-37)50-27-41-36-70(35-40(41)26-45(50)59)48-12-13-53(71)64-55(48)72/h5-11,26-32,34,37,48H,12-25,33,35-36H2,1-4H3,(H,64,71,72)(H2,60,62,63,65). The molecule has 392 valence electrons. The Bertz CT molecular complexity index is 3160. The highest BCUT2D eigenvalue weighted by Gasteiger charge is 2.40. The van der Waals surface area contributed by atoms with E-state index in [-0.39, 0.29) is 23.7 Å². The van der Waals surface area contributed by atoms with E-state index in [0.29, 0.717) is 70.6 Å². The first-order valence-electron chi connectivity index (χ1n) is 26.3. The van der Waals surface area contributed by atoms with Gasteiger partial charge in [-0.25, -0.2) is 9.37 Å². The zero-order chi connectivity index (χ0) is 52.0. The van der Waals surface area contributed by atoms with Crippen molar-refractivity contribution in [2.45, 2.75) is 70.5 Å². The van der Waals surface area contributed by atoms with E-state index < -0.39 is 7.14 Å². The zero-order valence-electron chi connectivity index (χ0n) is 43.2. The number of nitrogens with zero attached hydrogens (tertiary/aromatic N) is 8. The topological polar surface area (TPSA) is 153 Å². The van der Waals surface area contributed by atoms with Gasteiger partial charge in [0.25, 0.3) is 0 Å². The Labute approximate surface area is 447 Å². The molecule has 0 aliphatic carbocycles. The molecule has 4 saturated heterocycles. The first kappa shape index (κ1) is 51.0. The molecule has 75 heavy (non-hydrogen) atoms. The van der Waals surface area contributed by atoms with Gasteiger partial charge in [0.15, 0.2) is 0 Å². The summed E-state index contributed by atoms with van der Waals surface area (Å²) in [7, 11) is 0.919. The maximum absolute atomic E-state index is 15.6. The molecule has 5 aliphatic heterocycles. The van der Waals surface area contributed by atoms with E-state index >= 15 is 4.39 Å². The number of halogens is 2. The number of aromatic nitrogens is 4. The molecular formula is C57H66BrFN11O4P. The van der Waals surface area contributed by atoms with Crippen LogP contribution in [-0.4, -0.2) is 114 Å². The number of likely N-dealkylation sites (tertiary alicyclic amines) is 1. The smallest absolute Gasteiger partial charge is 0.243 e. The molecule has 5 aliphatic rings. The molecular weight excluding hydrogens is 1030 g/mol. The van der Waals surface area contributed by atoms with E-state index in [2.05, 4.69) is 85.8 Å². The van der Waals surface area contributed by atoms with Gasteiger partial charge in [0, 0.05) is 99.9 Å². The van der Waals surface area contributed by atoms with E-state index in [4.69, 9.17) is 9.72 Å². The molecule has 11 rings (SSSR count). The Morgan fingerprint density at radius 2 is 1.53 bits per heavy atom.